The topological polar surface area (TPSA) is 38.3 Å². The van der Waals surface area contributed by atoms with E-state index in [9.17, 15) is 18.0 Å². The molecule has 0 heterocycles. The summed E-state index contributed by atoms with van der Waals surface area (Å²) in [5.41, 5.74) is 0.660. The highest BCUT2D eigenvalue weighted by Crippen LogP contribution is 2.24. The minimum absolute atomic E-state index is 0.193. The van der Waals surface area contributed by atoms with Gasteiger partial charge in [-0.2, -0.15) is 13.2 Å². The van der Waals surface area contributed by atoms with Gasteiger partial charge in [-0.1, -0.05) is 30.3 Å². The second-order valence-electron chi connectivity index (χ2n) is 5.21. The maximum Gasteiger partial charge on any atom is 0.408 e. The Morgan fingerprint density at radius 2 is 1.71 bits per heavy atom. The van der Waals surface area contributed by atoms with Gasteiger partial charge < -0.3 is 10.1 Å². The molecule has 128 valence electrons. The van der Waals surface area contributed by atoms with Crippen LogP contribution >= 0.6 is 0 Å². The molecule has 0 saturated carbocycles. The fourth-order valence-corrected chi connectivity index (χ4v) is 2.20. The van der Waals surface area contributed by atoms with E-state index in [1.165, 1.54) is 12.1 Å². The van der Waals surface area contributed by atoms with Crippen LogP contribution in [0.15, 0.2) is 54.6 Å². The zero-order chi connectivity index (χ0) is 17.6. The number of rotatable bonds is 6. The van der Waals surface area contributed by atoms with Crippen LogP contribution in [0.25, 0.3) is 0 Å². The van der Waals surface area contributed by atoms with Crippen molar-refractivity contribution in [1.29, 1.82) is 0 Å². The lowest BCUT2D eigenvalue weighted by Gasteiger charge is -2.22. The van der Waals surface area contributed by atoms with Crippen LogP contribution in [0.1, 0.15) is 22.8 Å². The van der Waals surface area contributed by atoms with Crippen LogP contribution < -0.4 is 10.1 Å². The first-order valence-electron chi connectivity index (χ1n) is 7.54. The van der Waals surface area contributed by atoms with Crippen molar-refractivity contribution >= 4 is 5.91 Å². The quantitative estimate of drug-likeness (QED) is 0.866. The summed E-state index contributed by atoms with van der Waals surface area (Å²) in [5.74, 6) is -0.151. The van der Waals surface area contributed by atoms with Crippen LogP contribution in [-0.4, -0.2) is 24.7 Å². The van der Waals surface area contributed by atoms with Crippen LogP contribution in [-0.2, 0) is 6.42 Å². The van der Waals surface area contributed by atoms with E-state index in [0.717, 1.165) is 0 Å². The fourth-order valence-electron chi connectivity index (χ4n) is 2.20. The Hall–Kier alpha value is -2.50. The average molecular weight is 337 g/mol. The summed E-state index contributed by atoms with van der Waals surface area (Å²) in [7, 11) is 0. The molecule has 2 aromatic carbocycles. The predicted molar refractivity (Wildman–Crippen MR) is 85.1 cm³/mol. The SMILES string of the molecule is CCOc1ccc(C[C@H](NC(=O)c2ccccc2)C(F)(F)F)cc1. The van der Waals surface area contributed by atoms with E-state index < -0.39 is 18.1 Å². The monoisotopic (exact) mass is 337 g/mol. The molecule has 0 fully saturated rings. The lowest BCUT2D eigenvalue weighted by molar-refractivity contribution is -0.153. The number of carbonyl (C=O) groups is 1. The van der Waals surface area contributed by atoms with Gasteiger partial charge in [0.1, 0.15) is 11.8 Å². The number of hydrogen-bond donors (Lipinski definition) is 1. The van der Waals surface area contributed by atoms with Crippen LogP contribution in [0.4, 0.5) is 13.2 Å². The summed E-state index contributed by atoms with van der Waals surface area (Å²) in [6.07, 6.45) is -4.88. The Balaban J connectivity index is 2.10. The molecule has 0 bridgehead atoms. The van der Waals surface area contributed by atoms with Crippen LogP contribution in [0.3, 0.4) is 0 Å². The van der Waals surface area contributed by atoms with Crippen LogP contribution in [0, 0.1) is 0 Å². The molecule has 0 saturated heterocycles. The highest BCUT2D eigenvalue weighted by molar-refractivity contribution is 5.94. The predicted octanol–water partition coefficient (Wildman–Crippen LogP) is 3.99. The van der Waals surface area contributed by atoms with Gasteiger partial charge in [-0.25, -0.2) is 0 Å². The Labute approximate surface area is 138 Å². The molecule has 1 N–H and O–H groups in total. The first kappa shape index (κ1) is 17.8. The molecule has 1 amide bonds. The first-order valence-corrected chi connectivity index (χ1v) is 7.54. The average Bonchev–Trinajstić information content (AvgIpc) is 2.56. The molecule has 0 spiro atoms. The number of hydrogen-bond acceptors (Lipinski definition) is 2. The van der Waals surface area contributed by atoms with Crippen LogP contribution in [0.2, 0.25) is 0 Å². The van der Waals surface area contributed by atoms with E-state index in [4.69, 9.17) is 4.74 Å². The molecule has 0 aliphatic rings. The molecule has 0 radical (unpaired) electrons. The number of carbonyl (C=O) groups excluding carboxylic acids is 1. The van der Waals surface area contributed by atoms with E-state index >= 15 is 0 Å². The van der Waals surface area contributed by atoms with Gasteiger partial charge >= 0.3 is 6.18 Å². The van der Waals surface area contributed by atoms with Crippen LogP contribution in [0.5, 0.6) is 5.75 Å². The van der Waals surface area contributed by atoms with Crippen molar-refractivity contribution in [2.45, 2.75) is 25.6 Å². The Kier molecular flexibility index (Phi) is 5.84. The number of ether oxygens (including phenoxy) is 1. The lowest BCUT2D eigenvalue weighted by Crippen LogP contribution is -2.46. The number of halogens is 3. The minimum atomic E-state index is -4.54. The minimum Gasteiger partial charge on any atom is -0.494 e. The number of benzene rings is 2. The molecule has 0 aromatic heterocycles. The van der Waals surface area contributed by atoms with Gasteiger partial charge in [-0.05, 0) is 36.8 Å². The van der Waals surface area contributed by atoms with Gasteiger partial charge in [0, 0.05) is 12.0 Å². The lowest BCUT2D eigenvalue weighted by atomic mass is 10.0. The number of nitrogens with one attached hydrogen (secondary N) is 1. The van der Waals surface area contributed by atoms with E-state index in [1.54, 1.807) is 42.5 Å². The highest BCUT2D eigenvalue weighted by atomic mass is 19.4. The standard InChI is InChI=1S/C18H18F3NO2/c1-2-24-15-10-8-13(9-11-15)12-16(18(19,20)21)22-17(23)14-6-4-3-5-7-14/h3-11,16H,2,12H2,1H3,(H,22,23)/t16-/m0/s1. The third-order valence-electron chi connectivity index (χ3n) is 3.41. The summed E-state index contributed by atoms with van der Waals surface area (Å²) in [6, 6.07) is 12.3. The maximum absolute atomic E-state index is 13.2. The van der Waals surface area contributed by atoms with E-state index in [2.05, 4.69) is 5.32 Å². The molecular formula is C18H18F3NO2. The van der Waals surface area contributed by atoms with Gasteiger partial charge in [0.2, 0.25) is 0 Å². The number of amides is 1. The van der Waals surface area contributed by atoms with Crippen molar-refractivity contribution in [2.75, 3.05) is 6.61 Å². The zero-order valence-electron chi connectivity index (χ0n) is 13.1. The molecular weight excluding hydrogens is 319 g/mol. The largest absolute Gasteiger partial charge is 0.494 e. The van der Waals surface area contributed by atoms with Crippen molar-refractivity contribution in [3.8, 4) is 5.75 Å². The molecule has 0 aliphatic carbocycles. The summed E-state index contributed by atoms with van der Waals surface area (Å²) < 4.78 is 45.0. The van der Waals surface area contributed by atoms with Crippen molar-refractivity contribution < 1.29 is 22.7 Å². The van der Waals surface area contributed by atoms with Gasteiger partial charge in [-0.15, -0.1) is 0 Å². The second kappa shape index (κ2) is 7.86. The number of alkyl halides is 3. The smallest absolute Gasteiger partial charge is 0.408 e. The molecule has 2 rings (SSSR count). The summed E-state index contributed by atoms with van der Waals surface area (Å²) in [5, 5.41) is 2.07. The van der Waals surface area contributed by atoms with Gasteiger partial charge in [0.05, 0.1) is 6.61 Å². The third kappa shape index (κ3) is 5.01. The van der Waals surface area contributed by atoms with Gasteiger partial charge in [-0.3, -0.25) is 4.79 Å². The highest BCUT2D eigenvalue weighted by Gasteiger charge is 2.40. The Morgan fingerprint density at radius 1 is 1.08 bits per heavy atom. The second-order valence-corrected chi connectivity index (χ2v) is 5.21. The molecule has 3 nitrogen and oxygen atoms in total. The normalized spacial score (nSPS) is 12.5. The van der Waals surface area contributed by atoms with Gasteiger partial charge in [0.25, 0.3) is 5.91 Å². The molecule has 24 heavy (non-hydrogen) atoms. The van der Waals surface area contributed by atoms with Crippen molar-refractivity contribution in [2.24, 2.45) is 0 Å². The maximum atomic E-state index is 13.2. The summed E-state index contributed by atoms with van der Waals surface area (Å²) in [6.45, 7) is 2.31. The van der Waals surface area contributed by atoms with E-state index in [-0.39, 0.29) is 12.0 Å². The first-order chi connectivity index (χ1) is 11.4. The van der Waals surface area contributed by atoms with Gasteiger partial charge in [0.15, 0.2) is 0 Å². The van der Waals surface area contributed by atoms with Crippen molar-refractivity contribution in [3.63, 3.8) is 0 Å². The van der Waals surface area contributed by atoms with Crippen molar-refractivity contribution in [1.82, 2.24) is 5.32 Å². The zero-order valence-corrected chi connectivity index (χ0v) is 13.1. The molecule has 2 aromatic rings. The summed E-state index contributed by atoms with van der Waals surface area (Å²) in [4.78, 5) is 12.0. The Morgan fingerprint density at radius 3 is 2.25 bits per heavy atom. The third-order valence-corrected chi connectivity index (χ3v) is 3.41. The van der Waals surface area contributed by atoms with E-state index in [1.807, 2.05) is 6.92 Å². The molecule has 0 aliphatic heterocycles. The molecule has 6 heteroatoms. The van der Waals surface area contributed by atoms with Crippen molar-refractivity contribution in [3.05, 3.63) is 65.7 Å². The van der Waals surface area contributed by atoms with E-state index in [0.29, 0.717) is 17.9 Å². The summed E-state index contributed by atoms with van der Waals surface area (Å²) >= 11 is 0. The fraction of sp³-hybridized carbons (Fsp3) is 0.278. The molecule has 0 unspecified atom stereocenters. The Bertz CT molecular complexity index is 654. The molecule has 1 atom stereocenters.